The molecule has 0 aromatic carbocycles. The van der Waals surface area contributed by atoms with Gasteiger partial charge in [-0.3, -0.25) is 4.79 Å². The fraction of sp³-hybridized carbons (Fsp3) is 0.923. The van der Waals surface area contributed by atoms with Crippen molar-refractivity contribution in [1.82, 2.24) is 0 Å². The summed E-state index contributed by atoms with van der Waals surface area (Å²) in [6.45, 7) is 6.27. The van der Waals surface area contributed by atoms with Gasteiger partial charge >= 0.3 is 5.97 Å². The molecule has 2 atom stereocenters. The molecule has 2 N–H and O–H groups in total. The zero-order chi connectivity index (χ0) is 12.7. The quantitative estimate of drug-likeness (QED) is 0.692. The van der Waals surface area contributed by atoms with Crippen LogP contribution in [0.1, 0.15) is 39.5 Å². The van der Waals surface area contributed by atoms with Gasteiger partial charge in [0.2, 0.25) is 0 Å². The van der Waals surface area contributed by atoms with Gasteiger partial charge in [-0.05, 0) is 32.1 Å². The van der Waals surface area contributed by atoms with Crippen LogP contribution in [0.3, 0.4) is 0 Å². The van der Waals surface area contributed by atoms with E-state index in [0.29, 0.717) is 19.1 Å². The monoisotopic (exact) mass is 243 g/mol. The molecule has 0 spiro atoms. The summed E-state index contributed by atoms with van der Waals surface area (Å²) in [6.07, 6.45) is 3.59. The number of hydrogen-bond acceptors (Lipinski definition) is 4. The smallest absolute Gasteiger partial charge is 0.313 e. The summed E-state index contributed by atoms with van der Waals surface area (Å²) < 4.78 is 10.6. The Morgan fingerprint density at radius 2 is 2.29 bits per heavy atom. The Morgan fingerprint density at radius 1 is 1.53 bits per heavy atom. The molecular weight excluding hydrogens is 218 g/mol. The van der Waals surface area contributed by atoms with Crippen molar-refractivity contribution < 1.29 is 14.3 Å². The second-order valence-corrected chi connectivity index (χ2v) is 4.89. The van der Waals surface area contributed by atoms with E-state index >= 15 is 0 Å². The van der Waals surface area contributed by atoms with Gasteiger partial charge in [0, 0.05) is 19.8 Å². The maximum atomic E-state index is 12.1. The van der Waals surface area contributed by atoms with Gasteiger partial charge in [-0.2, -0.15) is 0 Å². The molecule has 1 aliphatic rings. The fourth-order valence-electron chi connectivity index (χ4n) is 2.62. The third-order valence-corrected chi connectivity index (χ3v) is 3.53. The van der Waals surface area contributed by atoms with Crippen LogP contribution in [0.5, 0.6) is 0 Å². The number of esters is 1. The second kappa shape index (κ2) is 6.97. The number of carbonyl (C=O) groups is 1. The van der Waals surface area contributed by atoms with Gasteiger partial charge in [0.25, 0.3) is 0 Å². The first-order valence-electron chi connectivity index (χ1n) is 6.63. The molecule has 0 aliphatic carbocycles. The average Bonchev–Trinajstić information content (AvgIpc) is 2.81. The molecule has 0 radical (unpaired) electrons. The predicted molar refractivity (Wildman–Crippen MR) is 66.6 cm³/mol. The Morgan fingerprint density at radius 3 is 2.76 bits per heavy atom. The Bertz CT molecular complexity index is 239. The summed E-state index contributed by atoms with van der Waals surface area (Å²) in [5.41, 5.74) is 5.36. The Kier molecular flexibility index (Phi) is 5.92. The number of ether oxygens (including phenoxy) is 2. The minimum Gasteiger partial charge on any atom is -0.466 e. The van der Waals surface area contributed by atoms with Crippen molar-refractivity contribution in [3.63, 3.8) is 0 Å². The van der Waals surface area contributed by atoms with E-state index < -0.39 is 5.41 Å². The van der Waals surface area contributed by atoms with Gasteiger partial charge in [-0.15, -0.1) is 0 Å². The lowest BCUT2D eigenvalue weighted by Gasteiger charge is -2.31. The van der Waals surface area contributed by atoms with Crippen LogP contribution in [-0.2, 0) is 14.3 Å². The van der Waals surface area contributed by atoms with E-state index in [0.717, 1.165) is 38.9 Å². The highest BCUT2D eigenvalue weighted by molar-refractivity contribution is 5.77. The van der Waals surface area contributed by atoms with Crippen LogP contribution in [0.15, 0.2) is 0 Å². The van der Waals surface area contributed by atoms with Gasteiger partial charge in [-0.25, -0.2) is 0 Å². The van der Waals surface area contributed by atoms with Crippen LogP contribution < -0.4 is 5.73 Å². The zero-order valence-corrected chi connectivity index (χ0v) is 11.0. The van der Waals surface area contributed by atoms with Gasteiger partial charge in [0.1, 0.15) is 0 Å². The van der Waals surface area contributed by atoms with Gasteiger partial charge in [0.15, 0.2) is 0 Å². The van der Waals surface area contributed by atoms with Crippen molar-refractivity contribution in [3.8, 4) is 0 Å². The molecule has 0 bridgehead atoms. The topological polar surface area (TPSA) is 61.5 Å². The Labute approximate surface area is 104 Å². The summed E-state index contributed by atoms with van der Waals surface area (Å²) in [4.78, 5) is 12.1. The molecule has 0 aromatic rings. The number of rotatable bonds is 7. The first kappa shape index (κ1) is 14.5. The van der Waals surface area contributed by atoms with Gasteiger partial charge in [-0.1, -0.05) is 13.3 Å². The van der Waals surface area contributed by atoms with Crippen molar-refractivity contribution in [1.29, 1.82) is 0 Å². The SMILES string of the molecule is CCCC(CN)(CC1CCOC1)C(=O)OCC. The van der Waals surface area contributed by atoms with Crippen molar-refractivity contribution in [2.75, 3.05) is 26.4 Å². The van der Waals surface area contributed by atoms with E-state index in [1.165, 1.54) is 0 Å². The van der Waals surface area contributed by atoms with Gasteiger partial charge in [0.05, 0.1) is 12.0 Å². The lowest BCUT2D eigenvalue weighted by Crippen LogP contribution is -2.41. The number of hydrogen-bond donors (Lipinski definition) is 1. The molecular formula is C13H25NO3. The van der Waals surface area contributed by atoms with E-state index in [1.807, 2.05) is 6.92 Å². The molecule has 4 nitrogen and oxygen atoms in total. The van der Waals surface area contributed by atoms with Crippen LogP contribution in [0.4, 0.5) is 0 Å². The maximum absolute atomic E-state index is 12.1. The molecule has 0 aromatic heterocycles. The van der Waals surface area contributed by atoms with Crippen molar-refractivity contribution >= 4 is 5.97 Å². The molecule has 0 saturated carbocycles. The number of nitrogens with two attached hydrogens (primary N) is 1. The summed E-state index contributed by atoms with van der Waals surface area (Å²) in [7, 11) is 0. The van der Waals surface area contributed by atoms with Crippen molar-refractivity contribution in [3.05, 3.63) is 0 Å². The summed E-state index contributed by atoms with van der Waals surface area (Å²) in [5.74, 6) is 0.325. The van der Waals surface area contributed by atoms with E-state index in [-0.39, 0.29) is 5.97 Å². The zero-order valence-electron chi connectivity index (χ0n) is 11.0. The molecule has 0 amide bonds. The maximum Gasteiger partial charge on any atom is 0.313 e. The normalized spacial score (nSPS) is 23.4. The molecule has 17 heavy (non-hydrogen) atoms. The number of carbonyl (C=O) groups excluding carboxylic acids is 1. The van der Waals surface area contributed by atoms with E-state index in [4.69, 9.17) is 15.2 Å². The summed E-state index contributed by atoms with van der Waals surface area (Å²) in [6, 6.07) is 0. The van der Waals surface area contributed by atoms with Crippen LogP contribution >= 0.6 is 0 Å². The molecule has 1 rings (SSSR count). The molecule has 1 saturated heterocycles. The van der Waals surface area contributed by atoms with Crippen LogP contribution in [0.2, 0.25) is 0 Å². The highest BCUT2D eigenvalue weighted by Gasteiger charge is 2.40. The first-order chi connectivity index (χ1) is 8.18. The lowest BCUT2D eigenvalue weighted by molar-refractivity contribution is -0.156. The molecule has 4 heteroatoms. The molecule has 100 valence electrons. The minimum absolute atomic E-state index is 0.128. The largest absolute Gasteiger partial charge is 0.466 e. The van der Waals surface area contributed by atoms with Crippen molar-refractivity contribution in [2.45, 2.75) is 39.5 Å². The lowest BCUT2D eigenvalue weighted by atomic mass is 9.75. The first-order valence-corrected chi connectivity index (χ1v) is 6.63. The van der Waals surface area contributed by atoms with Gasteiger partial charge < -0.3 is 15.2 Å². The molecule has 1 heterocycles. The van der Waals surface area contributed by atoms with Crippen LogP contribution in [0, 0.1) is 11.3 Å². The molecule has 1 fully saturated rings. The van der Waals surface area contributed by atoms with Crippen molar-refractivity contribution in [2.24, 2.45) is 17.1 Å². The Balaban J connectivity index is 2.70. The van der Waals surface area contributed by atoms with E-state index in [1.54, 1.807) is 0 Å². The molecule has 2 unspecified atom stereocenters. The second-order valence-electron chi connectivity index (χ2n) is 4.89. The van der Waals surface area contributed by atoms with Crippen LogP contribution in [0.25, 0.3) is 0 Å². The highest BCUT2D eigenvalue weighted by atomic mass is 16.5. The standard InChI is InChI=1S/C13H25NO3/c1-3-6-13(10-14,12(15)17-4-2)8-11-5-7-16-9-11/h11H,3-10,14H2,1-2H3. The highest BCUT2D eigenvalue weighted by Crippen LogP contribution is 2.35. The average molecular weight is 243 g/mol. The molecule has 1 aliphatic heterocycles. The third kappa shape index (κ3) is 3.68. The fourth-order valence-corrected chi connectivity index (χ4v) is 2.62. The van der Waals surface area contributed by atoms with E-state index in [9.17, 15) is 4.79 Å². The van der Waals surface area contributed by atoms with E-state index in [2.05, 4.69) is 6.92 Å². The third-order valence-electron chi connectivity index (χ3n) is 3.53. The van der Waals surface area contributed by atoms with Crippen LogP contribution in [-0.4, -0.2) is 32.3 Å². The minimum atomic E-state index is -0.497. The Hall–Kier alpha value is -0.610. The predicted octanol–water partition coefficient (Wildman–Crippen LogP) is 1.72. The summed E-state index contributed by atoms with van der Waals surface area (Å²) >= 11 is 0. The summed E-state index contributed by atoms with van der Waals surface area (Å²) in [5, 5.41) is 0.